The fourth-order valence-corrected chi connectivity index (χ4v) is 1.75. The molecule has 5 heteroatoms. The first kappa shape index (κ1) is 12.4. The van der Waals surface area contributed by atoms with Gasteiger partial charge in [-0.1, -0.05) is 30.3 Å². The van der Waals surface area contributed by atoms with Crippen molar-refractivity contribution in [3.05, 3.63) is 35.9 Å². The fraction of sp³-hybridized carbons (Fsp3) is 0.308. The van der Waals surface area contributed by atoms with E-state index >= 15 is 0 Å². The summed E-state index contributed by atoms with van der Waals surface area (Å²) in [5.74, 6) is -0.845. The van der Waals surface area contributed by atoms with Crippen LogP contribution < -0.4 is 0 Å². The van der Waals surface area contributed by atoms with Crippen LogP contribution in [0, 0.1) is 0 Å². The lowest BCUT2D eigenvalue weighted by Crippen LogP contribution is -2.46. The minimum Gasteiger partial charge on any atom is -0.362 e. The highest BCUT2D eigenvalue weighted by Gasteiger charge is 2.26. The number of benzene rings is 1. The van der Waals surface area contributed by atoms with Gasteiger partial charge in [-0.2, -0.15) is 0 Å². The topological polar surface area (TPSA) is 63.7 Å². The second kappa shape index (κ2) is 5.55. The van der Waals surface area contributed by atoms with Crippen molar-refractivity contribution in [3.63, 3.8) is 0 Å². The molecule has 0 radical (unpaired) electrons. The monoisotopic (exact) mass is 247 g/mol. The molecule has 2 amide bonds. The summed E-state index contributed by atoms with van der Waals surface area (Å²) in [6.07, 6.45) is 0.140. The Morgan fingerprint density at radius 2 is 1.72 bits per heavy atom. The first-order valence-electron chi connectivity index (χ1n) is 5.67. The maximum absolute atomic E-state index is 11.8. The molecule has 5 nitrogen and oxygen atoms in total. The van der Waals surface area contributed by atoms with E-state index in [4.69, 9.17) is 4.74 Å². The van der Waals surface area contributed by atoms with Gasteiger partial charge in [-0.15, -0.1) is 0 Å². The lowest BCUT2D eigenvalue weighted by molar-refractivity contribution is -0.158. The molecule has 94 valence electrons. The number of nitrogens with zero attached hydrogens (tertiary/aromatic N) is 1. The zero-order valence-electron chi connectivity index (χ0n) is 9.80. The van der Waals surface area contributed by atoms with Crippen LogP contribution in [0.25, 0.3) is 0 Å². The number of Topliss-reactive ketones (excluding diaryl/α,β-unsaturated/α-hetero) is 1. The van der Waals surface area contributed by atoms with Crippen LogP contribution in [0.4, 0.5) is 0 Å². The van der Waals surface area contributed by atoms with Crippen molar-refractivity contribution in [1.29, 1.82) is 0 Å². The van der Waals surface area contributed by atoms with Crippen LogP contribution in [-0.2, 0) is 14.3 Å². The molecule has 1 saturated heterocycles. The molecule has 0 aliphatic carbocycles. The van der Waals surface area contributed by atoms with Crippen molar-refractivity contribution in [2.24, 2.45) is 0 Å². The third kappa shape index (κ3) is 2.81. The van der Waals surface area contributed by atoms with Crippen molar-refractivity contribution >= 4 is 17.6 Å². The summed E-state index contributed by atoms with van der Waals surface area (Å²) < 4.78 is 4.79. The molecule has 0 aromatic heterocycles. The Morgan fingerprint density at radius 1 is 1.11 bits per heavy atom. The third-order valence-electron chi connectivity index (χ3n) is 2.71. The first-order valence-corrected chi connectivity index (χ1v) is 5.67. The molecule has 0 atom stereocenters. The van der Waals surface area contributed by atoms with Crippen LogP contribution >= 0.6 is 0 Å². The van der Waals surface area contributed by atoms with Gasteiger partial charge in [0.25, 0.3) is 11.8 Å². The van der Waals surface area contributed by atoms with Gasteiger partial charge in [-0.05, 0) is 0 Å². The average Bonchev–Trinajstić information content (AvgIpc) is 2.39. The lowest BCUT2D eigenvalue weighted by Gasteiger charge is -2.24. The highest BCUT2D eigenvalue weighted by molar-refractivity contribution is 6.00. The van der Waals surface area contributed by atoms with Gasteiger partial charge in [0.05, 0.1) is 0 Å². The summed E-state index contributed by atoms with van der Waals surface area (Å²) in [5.41, 5.74) is 0.589. The van der Waals surface area contributed by atoms with E-state index in [-0.39, 0.29) is 43.8 Å². The van der Waals surface area contributed by atoms with E-state index in [1.807, 2.05) is 6.07 Å². The second-order valence-corrected chi connectivity index (χ2v) is 3.97. The smallest absolute Gasteiger partial charge is 0.255 e. The number of hydrogen-bond acceptors (Lipinski definition) is 4. The molecule has 0 spiro atoms. The standard InChI is InChI=1S/C13H13NO4/c15-11(10-4-2-1-3-5-10)6-7-14-12(16)8-18-9-13(14)17/h1-5H,6-9H2. The largest absolute Gasteiger partial charge is 0.362 e. The number of hydrogen-bond donors (Lipinski definition) is 0. The fourth-order valence-electron chi connectivity index (χ4n) is 1.75. The molecule has 0 bridgehead atoms. The molecule has 1 aliphatic heterocycles. The number of carbonyl (C=O) groups is 3. The molecule has 1 aromatic carbocycles. The zero-order valence-corrected chi connectivity index (χ0v) is 9.80. The molecule has 0 saturated carbocycles. The number of carbonyl (C=O) groups excluding carboxylic acids is 3. The number of amides is 2. The van der Waals surface area contributed by atoms with Crippen LogP contribution in [0.5, 0.6) is 0 Å². The molecule has 2 rings (SSSR count). The van der Waals surface area contributed by atoms with Crippen molar-refractivity contribution in [2.75, 3.05) is 19.8 Å². The van der Waals surface area contributed by atoms with Crippen molar-refractivity contribution < 1.29 is 19.1 Å². The molecular formula is C13H13NO4. The maximum Gasteiger partial charge on any atom is 0.255 e. The van der Waals surface area contributed by atoms with E-state index < -0.39 is 0 Å². The van der Waals surface area contributed by atoms with Crippen LogP contribution in [0.15, 0.2) is 30.3 Å². The molecule has 0 N–H and O–H groups in total. The predicted octanol–water partition coefficient (Wildman–Crippen LogP) is 0.645. The van der Waals surface area contributed by atoms with Gasteiger partial charge >= 0.3 is 0 Å². The van der Waals surface area contributed by atoms with E-state index in [0.29, 0.717) is 5.56 Å². The summed E-state index contributed by atoms with van der Waals surface area (Å²) in [5, 5.41) is 0. The average molecular weight is 247 g/mol. The Hall–Kier alpha value is -2.01. The lowest BCUT2D eigenvalue weighted by atomic mass is 10.1. The van der Waals surface area contributed by atoms with Gasteiger partial charge in [-0.3, -0.25) is 19.3 Å². The summed E-state index contributed by atoms with van der Waals surface area (Å²) >= 11 is 0. The van der Waals surface area contributed by atoms with Crippen molar-refractivity contribution in [2.45, 2.75) is 6.42 Å². The minimum atomic E-state index is -0.382. The third-order valence-corrected chi connectivity index (χ3v) is 2.71. The quantitative estimate of drug-likeness (QED) is 0.578. The maximum atomic E-state index is 11.8. The van der Waals surface area contributed by atoms with Gasteiger partial charge in [0, 0.05) is 18.5 Å². The second-order valence-electron chi connectivity index (χ2n) is 3.97. The number of ketones is 1. The normalized spacial score (nSPS) is 15.9. The Bertz CT molecular complexity index is 453. The Morgan fingerprint density at radius 3 is 2.33 bits per heavy atom. The van der Waals surface area contributed by atoms with Crippen LogP contribution in [0.1, 0.15) is 16.8 Å². The van der Waals surface area contributed by atoms with Gasteiger partial charge in [-0.25, -0.2) is 0 Å². The summed E-state index contributed by atoms with van der Waals surface area (Å²) in [6.45, 7) is -0.0642. The van der Waals surface area contributed by atoms with E-state index in [9.17, 15) is 14.4 Å². The Balaban J connectivity index is 1.93. The highest BCUT2D eigenvalue weighted by atomic mass is 16.5. The summed E-state index contributed by atoms with van der Waals surface area (Å²) in [6, 6.07) is 8.80. The zero-order chi connectivity index (χ0) is 13.0. The SMILES string of the molecule is O=C(CCN1C(=O)COCC1=O)c1ccccc1. The van der Waals surface area contributed by atoms with E-state index in [0.717, 1.165) is 4.90 Å². The number of imide groups is 1. The van der Waals surface area contributed by atoms with Crippen molar-refractivity contribution in [1.82, 2.24) is 4.90 Å². The first-order chi connectivity index (χ1) is 8.68. The summed E-state index contributed by atoms with van der Waals surface area (Å²) in [7, 11) is 0. The van der Waals surface area contributed by atoms with Gasteiger partial charge in [0.2, 0.25) is 0 Å². The van der Waals surface area contributed by atoms with Gasteiger partial charge in [0.15, 0.2) is 5.78 Å². The molecule has 0 unspecified atom stereocenters. The Labute approximate surface area is 104 Å². The molecular weight excluding hydrogens is 234 g/mol. The predicted molar refractivity (Wildman–Crippen MR) is 62.9 cm³/mol. The van der Waals surface area contributed by atoms with Crippen LogP contribution in [0.3, 0.4) is 0 Å². The van der Waals surface area contributed by atoms with Crippen LogP contribution in [0.2, 0.25) is 0 Å². The molecule has 1 heterocycles. The van der Waals surface area contributed by atoms with E-state index in [1.54, 1.807) is 24.3 Å². The van der Waals surface area contributed by atoms with Crippen LogP contribution in [-0.4, -0.2) is 42.3 Å². The number of morpholine rings is 1. The summed E-state index contributed by atoms with van der Waals surface area (Å²) in [4.78, 5) is 35.8. The number of ether oxygens (including phenoxy) is 1. The Kier molecular flexibility index (Phi) is 3.84. The minimum absolute atomic E-state index is 0.0808. The van der Waals surface area contributed by atoms with E-state index in [1.165, 1.54) is 0 Å². The molecule has 1 fully saturated rings. The van der Waals surface area contributed by atoms with E-state index in [2.05, 4.69) is 0 Å². The van der Waals surface area contributed by atoms with Gasteiger partial charge < -0.3 is 4.74 Å². The van der Waals surface area contributed by atoms with Gasteiger partial charge in [0.1, 0.15) is 13.2 Å². The molecule has 1 aromatic rings. The molecule has 18 heavy (non-hydrogen) atoms. The highest BCUT2D eigenvalue weighted by Crippen LogP contribution is 2.06. The van der Waals surface area contributed by atoms with Crippen molar-refractivity contribution in [3.8, 4) is 0 Å². The number of rotatable bonds is 4. The molecule has 1 aliphatic rings.